The fraction of sp³-hybridized carbons (Fsp3) is 0.167. The van der Waals surface area contributed by atoms with Crippen molar-refractivity contribution in [3.8, 4) is 16.8 Å². The number of hydrogen-bond acceptors (Lipinski definition) is 0. The SMILES string of the molecule is C=CC1=C(c2c(C)n(-c3ccccc3)c3c(C)c(-c4ccccc4C)ccc23)c2ccccc2C1(C)C. The van der Waals surface area contributed by atoms with E-state index in [0.717, 1.165) is 0 Å². The predicted octanol–water partition coefficient (Wildman–Crippen LogP) is 9.50. The number of rotatable bonds is 4. The minimum absolute atomic E-state index is 0.0998. The zero-order chi connectivity index (χ0) is 25.9. The van der Waals surface area contributed by atoms with E-state index in [1.165, 1.54) is 72.4 Å². The molecular weight excluding hydrogens is 446 g/mol. The number of aromatic nitrogens is 1. The summed E-state index contributed by atoms with van der Waals surface area (Å²) in [4.78, 5) is 0. The van der Waals surface area contributed by atoms with Gasteiger partial charge < -0.3 is 4.57 Å². The smallest absolute Gasteiger partial charge is 0.0573 e. The van der Waals surface area contributed by atoms with Crippen LogP contribution in [0.15, 0.2) is 109 Å². The predicted molar refractivity (Wildman–Crippen MR) is 159 cm³/mol. The third-order valence-corrected chi connectivity index (χ3v) is 8.34. The summed E-state index contributed by atoms with van der Waals surface area (Å²) in [7, 11) is 0. The van der Waals surface area contributed by atoms with E-state index in [0.29, 0.717) is 0 Å². The summed E-state index contributed by atoms with van der Waals surface area (Å²) >= 11 is 0. The number of aryl methyl sites for hydroxylation is 2. The highest BCUT2D eigenvalue weighted by Gasteiger charge is 2.38. The lowest BCUT2D eigenvalue weighted by atomic mass is 9.81. The van der Waals surface area contributed by atoms with Gasteiger partial charge in [-0.1, -0.05) is 105 Å². The summed E-state index contributed by atoms with van der Waals surface area (Å²) in [5.74, 6) is 0. The summed E-state index contributed by atoms with van der Waals surface area (Å²) in [5.41, 5.74) is 15.4. The Morgan fingerprint density at radius 1 is 0.703 bits per heavy atom. The standard InChI is InChI=1S/C36H33N/c1-7-31-34(29-19-13-14-20-32(29)36(31,5)6)33-25(4)37(26-16-9-8-10-17-26)35-24(3)28(21-22-30(33)35)27-18-12-11-15-23(27)2/h7-22H,1H2,2-6H3. The zero-order valence-corrected chi connectivity index (χ0v) is 22.4. The van der Waals surface area contributed by atoms with Crippen molar-refractivity contribution in [2.75, 3.05) is 0 Å². The van der Waals surface area contributed by atoms with Crippen LogP contribution in [-0.2, 0) is 5.41 Å². The van der Waals surface area contributed by atoms with Crippen molar-refractivity contribution in [2.24, 2.45) is 0 Å². The molecule has 1 aliphatic carbocycles. The first-order valence-electron chi connectivity index (χ1n) is 13.1. The molecule has 1 nitrogen and oxygen atoms in total. The van der Waals surface area contributed by atoms with E-state index in [2.05, 4.69) is 143 Å². The highest BCUT2D eigenvalue weighted by Crippen LogP contribution is 2.52. The summed E-state index contributed by atoms with van der Waals surface area (Å²) < 4.78 is 2.46. The lowest BCUT2D eigenvalue weighted by Crippen LogP contribution is -2.15. The molecule has 1 aliphatic rings. The molecule has 4 aromatic carbocycles. The normalized spacial score (nSPS) is 14.3. The van der Waals surface area contributed by atoms with Crippen molar-refractivity contribution in [3.63, 3.8) is 0 Å². The number of allylic oxidation sites excluding steroid dienone is 2. The van der Waals surface area contributed by atoms with Crippen LogP contribution in [-0.4, -0.2) is 4.57 Å². The second-order valence-corrected chi connectivity index (χ2v) is 10.7. The maximum absolute atomic E-state index is 4.29. The Bertz CT molecular complexity index is 1720. The Kier molecular flexibility index (Phi) is 5.35. The minimum atomic E-state index is -0.0998. The van der Waals surface area contributed by atoms with Crippen LogP contribution < -0.4 is 0 Å². The minimum Gasteiger partial charge on any atom is -0.313 e. The van der Waals surface area contributed by atoms with Crippen molar-refractivity contribution in [2.45, 2.75) is 40.0 Å². The first-order valence-corrected chi connectivity index (χ1v) is 13.1. The monoisotopic (exact) mass is 479 g/mol. The third kappa shape index (κ3) is 3.30. The molecule has 0 bridgehead atoms. The molecule has 5 aromatic rings. The van der Waals surface area contributed by atoms with Crippen molar-refractivity contribution in [1.82, 2.24) is 4.57 Å². The molecule has 0 radical (unpaired) electrons. The van der Waals surface area contributed by atoms with Gasteiger partial charge in [0.1, 0.15) is 0 Å². The highest BCUT2D eigenvalue weighted by atomic mass is 15.0. The molecule has 0 N–H and O–H groups in total. The van der Waals surface area contributed by atoms with Crippen molar-refractivity contribution in [3.05, 3.63) is 143 Å². The molecular formula is C36H33N. The van der Waals surface area contributed by atoms with Crippen LogP contribution in [0.1, 0.15) is 47.4 Å². The highest BCUT2D eigenvalue weighted by molar-refractivity contribution is 6.06. The molecule has 182 valence electrons. The lowest BCUT2D eigenvalue weighted by molar-refractivity contribution is 0.654. The Labute approximate surface area is 220 Å². The summed E-state index contributed by atoms with van der Waals surface area (Å²) in [6.45, 7) is 15.7. The molecule has 1 aromatic heterocycles. The van der Waals surface area contributed by atoms with Gasteiger partial charge in [-0.05, 0) is 77.4 Å². The number of para-hydroxylation sites is 1. The van der Waals surface area contributed by atoms with E-state index >= 15 is 0 Å². The van der Waals surface area contributed by atoms with Crippen molar-refractivity contribution in [1.29, 1.82) is 0 Å². The third-order valence-electron chi connectivity index (χ3n) is 8.34. The maximum atomic E-state index is 4.29. The van der Waals surface area contributed by atoms with E-state index in [1.807, 2.05) is 0 Å². The number of benzene rings is 4. The molecule has 0 saturated carbocycles. The van der Waals surface area contributed by atoms with Gasteiger partial charge in [0.25, 0.3) is 0 Å². The summed E-state index contributed by atoms with van der Waals surface area (Å²) in [6.07, 6.45) is 2.08. The van der Waals surface area contributed by atoms with Crippen LogP contribution in [0.4, 0.5) is 0 Å². The van der Waals surface area contributed by atoms with Crippen LogP contribution in [0, 0.1) is 20.8 Å². The molecule has 0 fully saturated rings. The van der Waals surface area contributed by atoms with Gasteiger partial charge in [0.2, 0.25) is 0 Å². The molecule has 0 atom stereocenters. The molecule has 0 amide bonds. The molecule has 37 heavy (non-hydrogen) atoms. The topological polar surface area (TPSA) is 4.93 Å². The van der Waals surface area contributed by atoms with Gasteiger partial charge in [0.05, 0.1) is 5.52 Å². The van der Waals surface area contributed by atoms with Crippen LogP contribution in [0.3, 0.4) is 0 Å². The van der Waals surface area contributed by atoms with E-state index in [-0.39, 0.29) is 5.41 Å². The Morgan fingerprint density at radius 3 is 2.05 bits per heavy atom. The van der Waals surface area contributed by atoms with Gasteiger partial charge in [0.15, 0.2) is 0 Å². The summed E-state index contributed by atoms with van der Waals surface area (Å²) in [6, 6.07) is 33.0. The van der Waals surface area contributed by atoms with E-state index in [4.69, 9.17) is 0 Å². The van der Waals surface area contributed by atoms with Gasteiger partial charge in [-0.3, -0.25) is 0 Å². The summed E-state index contributed by atoms with van der Waals surface area (Å²) in [5, 5.41) is 1.29. The average Bonchev–Trinajstić information content (AvgIpc) is 3.32. The Morgan fingerprint density at radius 2 is 1.35 bits per heavy atom. The van der Waals surface area contributed by atoms with E-state index in [1.54, 1.807) is 0 Å². The second kappa shape index (κ2) is 8.49. The van der Waals surface area contributed by atoms with Gasteiger partial charge in [0, 0.05) is 27.7 Å². The lowest BCUT2D eigenvalue weighted by Gasteiger charge is -2.22. The first kappa shape index (κ1) is 23.3. The number of hydrogen-bond donors (Lipinski definition) is 0. The van der Waals surface area contributed by atoms with Gasteiger partial charge in [-0.25, -0.2) is 0 Å². The quantitative estimate of drug-likeness (QED) is 0.242. The largest absolute Gasteiger partial charge is 0.313 e. The molecule has 0 spiro atoms. The van der Waals surface area contributed by atoms with Gasteiger partial charge >= 0.3 is 0 Å². The van der Waals surface area contributed by atoms with Crippen LogP contribution >= 0.6 is 0 Å². The zero-order valence-electron chi connectivity index (χ0n) is 22.4. The maximum Gasteiger partial charge on any atom is 0.0573 e. The molecule has 0 aliphatic heterocycles. The van der Waals surface area contributed by atoms with Crippen molar-refractivity contribution < 1.29 is 0 Å². The molecule has 0 saturated heterocycles. The Balaban J connectivity index is 1.77. The van der Waals surface area contributed by atoms with E-state index in [9.17, 15) is 0 Å². The fourth-order valence-electron chi connectivity index (χ4n) is 6.52. The van der Waals surface area contributed by atoms with Crippen LogP contribution in [0.2, 0.25) is 0 Å². The number of nitrogens with zero attached hydrogens (tertiary/aromatic N) is 1. The molecule has 0 unspecified atom stereocenters. The fourth-order valence-corrected chi connectivity index (χ4v) is 6.52. The van der Waals surface area contributed by atoms with Crippen LogP contribution in [0.5, 0.6) is 0 Å². The average molecular weight is 480 g/mol. The molecule has 1 heterocycles. The van der Waals surface area contributed by atoms with Crippen LogP contribution in [0.25, 0.3) is 33.3 Å². The molecule has 1 heteroatoms. The van der Waals surface area contributed by atoms with Crippen molar-refractivity contribution >= 4 is 16.5 Å². The van der Waals surface area contributed by atoms with Gasteiger partial charge in [-0.15, -0.1) is 0 Å². The number of fused-ring (bicyclic) bond motifs is 2. The first-order chi connectivity index (χ1) is 17.9. The van der Waals surface area contributed by atoms with Gasteiger partial charge in [-0.2, -0.15) is 0 Å². The van der Waals surface area contributed by atoms with E-state index < -0.39 is 0 Å². The Hall–Kier alpha value is -4.10. The molecule has 6 rings (SSSR count). The second-order valence-electron chi connectivity index (χ2n) is 10.7.